The molecule has 1 saturated heterocycles. The molecule has 4 rings (SSSR count). The summed E-state index contributed by atoms with van der Waals surface area (Å²) in [6, 6.07) is 4.05. The lowest BCUT2D eigenvalue weighted by Crippen LogP contribution is -2.36. The molecule has 0 N–H and O–H groups in total. The van der Waals surface area contributed by atoms with Gasteiger partial charge in [0.2, 0.25) is 10.0 Å². The van der Waals surface area contributed by atoms with Crippen LogP contribution in [-0.4, -0.2) is 54.3 Å². The van der Waals surface area contributed by atoms with E-state index in [0.29, 0.717) is 24.4 Å². The van der Waals surface area contributed by atoms with E-state index in [1.54, 1.807) is 13.1 Å². The highest BCUT2D eigenvalue weighted by atomic mass is 32.2. The fourth-order valence-corrected chi connectivity index (χ4v) is 5.17. The molecule has 2 aromatic rings. The van der Waals surface area contributed by atoms with Crippen molar-refractivity contribution >= 4 is 10.0 Å². The number of nitrogens with zero attached hydrogens (tertiary/aromatic N) is 4. The normalized spacial score (nSPS) is 21.4. The molecule has 0 radical (unpaired) electrons. The van der Waals surface area contributed by atoms with Gasteiger partial charge in [-0.1, -0.05) is 6.07 Å². The van der Waals surface area contributed by atoms with Crippen LogP contribution in [0, 0.1) is 12.7 Å². The van der Waals surface area contributed by atoms with Crippen LogP contribution in [-0.2, 0) is 23.0 Å². The predicted molar refractivity (Wildman–Crippen MR) is 99.3 cm³/mol. The van der Waals surface area contributed by atoms with Gasteiger partial charge in [0.05, 0.1) is 4.90 Å². The van der Waals surface area contributed by atoms with Crippen LogP contribution in [0.5, 0.6) is 0 Å². The monoisotopic (exact) mass is 390 g/mol. The molecule has 1 fully saturated rings. The molecule has 0 amide bonds. The van der Waals surface area contributed by atoms with Crippen molar-refractivity contribution in [3.8, 4) is 0 Å². The number of benzene rings is 1. The van der Waals surface area contributed by atoms with Crippen molar-refractivity contribution in [1.29, 1.82) is 0 Å². The van der Waals surface area contributed by atoms with Crippen molar-refractivity contribution < 1.29 is 12.8 Å². The summed E-state index contributed by atoms with van der Waals surface area (Å²) in [4.78, 5) is 11.5. The summed E-state index contributed by atoms with van der Waals surface area (Å²) in [6.45, 7) is 4.17. The first kappa shape index (κ1) is 18.5. The topological polar surface area (TPSA) is 66.4 Å². The molecule has 144 valence electrons. The summed E-state index contributed by atoms with van der Waals surface area (Å²) in [7, 11) is -1.65. The van der Waals surface area contributed by atoms with Crippen LogP contribution in [0.15, 0.2) is 29.3 Å². The van der Waals surface area contributed by atoms with E-state index in [1.807, 2.05) is 0 Å². The molecule has 0 bridgehead atoms. The molecule has 2 aliphatic rings. The van der Waals surface area contributed by atoms with Gasteiger partial charge in [0.1, 0.15) is 11.6 Å². The van der Waals surface area contributed by atoms with Gasteiger partial charge in [-0.25, -0.2) is 22.8 Å². The number of aryl methyl sites for hydroxylation is 1. The third kappa shape index (κ3) is 3.49. The summed E-state index contributed by atoms with van der Waals surface area (Å²) in [6.07, 6.45) is 3.35. The lowest BCUT2D eigenvalue weighted by molar-refractivity contribution is 0.384. The van der Waals surface area contributed by atoms with E-state index in [9.17, 15) is 12.8 Å². The number of halogens is 1. The highest BCUT2D eigenvalue weighted by Crippen LogP contribution is 2.28. The van der Waals surface area contributed by atoms with Crippen molar-refractivity contribution in [2.75, 3.05) is 26.7 Å². The van der Waals surface area contributed by atoms with Gasteiger partial charge in [-0.2, -0.15) is 4.31 Å². The van der Waals surface area contributed by atoms with Gasteiger partial charge in [0.25, 0.3) is 0 Å². The Bertz CT molecular complexity index is 980. The van der Waals surface area contributed by atoms with E-state index in [1.165, 1.54) is 16.4 Å². The van der Waals surface area contributed by atoms with E-state index >= 15 is 0 Å². The molecule has 27 heavy (non-hydrogen) atoms. The Morgan fingerprint density at radius 2 is 2.07 bits per heavy atom. The van der Waals surface area contributed by atoms with Crippen LogP contribution < -0.4 is 0 Å². The number of hydrogen-bond acceptors (Lipinski definition) is 5. The molecule has 0 unspecified atom stereocenters. The Morgan fingerprint density at radius 1 is 1.26 bits per heavy atom. The van der Waals surface area contributed by atoms with Crippen LogP contribution in [0.4, 0.5) is 4.39 Å². The van der Waals surface area contributed by atoms with Gasteiger partial charge in [-0.15, -0.1) is 0 Å². The highest BCUT2D eigenvalue weighted by Gasteiger charge is 2.31. The van der Waals surface area contributed by atoms with Crippen LogP contribution in [0.25, 0.3) is 0 Å². The molecule has 0 saturated carbocycles. The van der Waals surface area contributed by atoms with E-state index in [2.05, 4.69) is 16.9 Å². The second-order valence-corrected chi connectivity index (χ2v) is 9.39. The van der Waals surface area contributed by atoms with E-state index in [-0.39, 0.29) is 11.4 Å². The Hall–Kier alpha value is -1.90. The largest absolute Gasteiger partial charge is 0.306 e. The van der Waals surface area contributed by atoms with Gasteiger partial charge in [0.15, 0.2) is 0 Å². The number of rotatable bonds is 3. The maximum atomic E-state index is 13.8. The number of sulfonamides is 1. The maximum Gasteiger partial charge on any atom is 0.243 e. The van der Waals surface area contributed by atoms with Crippen LogP contribution >= 0.6 is 0 Å². The van der Waals surface area contributed by atoms with E-state index in [4.69, 9.17) is 4.98 Å². The first-order valence-corrected chi connectivity index (χ1v) is 10.6. The minimum Gasteiger partial charge on any atom is -0.306 e. The van der Waals surface area contributed by atoms with Crippen molar-refractivity contribution in [2.24, 2.45) is 0 Å². The molecular weight excluding hydrogens is 367 g/mol. The SMILES string of the molecule is Cc1ccc(S(=O)(=O)N2CCc3nc([C@H]4CCN(C)C4)ncc3C2)cc1F. The van der Waals surface area contributed by atoms with Crippen molar-refractivity contribution in [3.05, 3.63) is 52.9 Å². The second-order valence-electron chi connectivity index (χ2n) is 7.45. The molecular formula is C19H23FN4O2S. The summed E-state index contributed by atoms with van der Waals surface area (Å²) in [5.41, 5.74) is 2.18. The van der Waals surface area contributed by atoms with Crippen molar-refractivity contribution in [3.63, 3.8) is 0 Å². The number of aromatic nitrogens is 2. The molecule has 1 aromatic heterocycles. The summed E-state index contributed by atoms with van der Waals surface area (Å²) in [5, 5.41) is 0. The fourth-order valence-electron chi connectivity index (χ4n) is 3.74. The Kier molecular flexibility index (Phi) is 4.73. The Balaban J connectivity index is 1.56. The molecule has 3 heterocycles. The quantitative estimate of drug-likeness (QED) is 0.803. The number of hydrogen-bond donors (Lipinski definition) is 0. The number of likely N-dealkylation sites (N-methyl/N-ethyl adjacent to an activating group) is 1. The third-order valence-corrected chi connectivity index (χ3v) is 7.30. The third-order valence-electron chi connectivity index (χ3n) is 5.46. The molecule has 0 aliphatic carbocycles. The van der Waals surface area contributed by atoms with Crippen molar-refractivity contribution in [2.45, 2.75) is 37.1 Å². The van der Waals surface area contributed by atoms with E-state index < -0.39 is 15.8 Å². The first-order chi connectivity index (χ1) is 12.8. The second kappa shape index (κ2) is 6.92. The molecule has 1 atom stereocenters. The molecule has 1 aromatic carbocycles. The molecule has 0 spiro atoms. The Morgan fingerprint density at radius 3 is 2.78 bits per heavy atom. The molecule has 8 heteroatoms. The zero-order valence-electron chi connectivity index (χ0n) is 15.5. The van der Waals surface area contributed by atoms with Gasteiger partial charge < -0.3 is 4.90 Å². The summed E-state index contributed by atoms with van der Waals surface area (Å²) in [5.74, 6) is 0.690. The summed E-state index contributed by atoms with van der Waals surface area (Å²) < 4.78 is 41.0. The first-order valence-electron chi connectivity index (χ1n) is 9.14. The molecule has 2 aliphatic heterocycles. The zero-order valence-corrected chi connectivity index (χ0v) is 16.3. The Labute approximate surface area is 159 Å². The smallest absolute Gasteiger partial charge is 0.243 e. The lowest BCUT2D eigenvalue weighted by atomic mass is 10.1. The predicted octanol–water partition coefficient (Wildman–Crippen LogP) is 2.09. The zero-order chi connectivity index (χ0) is 19.2. The van der Waals surface area contributed by atoms with Crippen LogP contribution in [0.3, 0.4) is 0 Å². The lowest BCUT2D eigenvalue weighted by Gasteiger charge is -2.28. The minimum atomic E-state index is -3.75. The fraction of sp³-hybridized carbons (Fsp3) is 0.474. The number of fused-ring (bicyclic) bond motifs is 1. The average Bonchev–Trinajstić information content (AvgIpc) is 3.09. The minimum absolute atomic E-state index is 0.0134. The van der Waals surface area contributed by atoms with Gasteiger partial charge in [0, 0.05) is 49.4 Å². The van der Waals surface area contributed by atoms with Crippen molar-refractivity contribution in [1.82, 2.24) is 19.2 Å². The average molecular weight is 390 g/mol. The van der Waals surface area contributed by atoms with Crippen LogP contribution in [0.1, 0.15) is 35.0 Å². The van der Waals surface area contributed by atoms with Gasteiger partial charge in [-0.3, -0.25) is 0 Å². The maximum absolute atomic E-state index is 13.8. The number of likely N-dealkylation sites (tertiary alicyclic amines) is 1. The molecule has 6 nitrogen and oxygen atoms in total. The summed E-state index contributed by atoms with van der Waals surface area (Å²) >= 11 is 0. The van der Waals surface area contributed by atoms with Gasteiger partial charge in [-0.05, 0) is 44.6 Å². The van der Waals surface area contributed by atoms with Gasteiger partial charge >= 0.3 is 0 Å². The standard InChI is InChI=1S/C19H23FN4O2S/c1-13-3-4-16(9-17(13)20)27(25,26)24-8-6-18-15(12-24)10-21-19(22-18)14-5-7-23(2)11-14/h3-4,9-10,14H,5-8,11-12H2,1-2H3/t14-/m0/s1. The highest BCUT2D eigenvalue weighted by molar-refractivity contribution is 7.89. The van der Waals surface area contributed by atoms with E-state index in [0.717, 1.165) is 42.7 Å². The van der Waals surface area contributed by atoms with Crippen LogP contribution in [0.2, 0.25) is 0 Å².